The van der Waals surface area contributed by atoms with Gasteiger partial charge in [0.2, 0.25) is 0 Å². The first-order valence-corrected chi connectivity index (χ1v) is 10.4. The van der Waals surface area contributed by atoms with Crippen LogP contribution in [0.4, 0.5) is 0 Å². The Hall–Kier alpha value is -1.65. The topological polar surface area (TPSA) is 57.9 Å². The van der Waals surface area contributed by atoms with E-state index in [0.29, 0.717) is 6.61 Å². The van der Waals surface area contributed by atoms with Gasteiger partial charge in [0.1, 0.15) is 0 Å². The molecule has 2 heterocycles. The average Bonchev–Trinajstić information content (AvgIpc) is 3.01. The Morgan fingerprint density at radius 3 is 2.47 bits per heavy atom. The molecule has 2 aromatic rings. The van der Waals surface area contributed by atoms with Crippen LogP contribution in [0.1, 0.15) is 22.5 Å². The summed E-state index contributed by atoms with van der Waals surface area (Å²) in [4.78, 5) is 9.37. The number of benzene rings is 1. The zero-order chi connectivity index (χ0) is 20.6. The molecule has 0 unspecified atom stereocenters. The first-order chi connectivity index (χ1) is 14.1. The second kappa shape index (κ2) is 12.3. The van der Waals surface area contributed by atoms with Crippen LogP contribution in [0.5, 0.6) is 0 Å². The van der Waals surface area contributed by atoms with Crippen molar-refractivity contribution in [2.45, 2.75) is 33.5 Å². The van der Waals surface area contributed by atoms with Gasteiger partial charge < -0.3 is 15.0 Å². The van der Waals surface area contributed by atoms with E-state index in [1.54, 1.807) is 7.11 Å². The normalized spacial score (nSPS) is 15.2. The third-order valence-corrected chi connectivity index (χ3v) is 5.59. The van der Waals surface area contributed by atoms with Crippen LogP contribution in [0.15, 0.2) is 35.3 Å². The number of hydrogen-bond acceptors (Lipinski definition) is 4. The zero-order valence-corrected chi connectivity index (χ0v) is 20.9. The largest absolute Gasteiger partial charge is 0.383 e. The molecular weight excluding hydrogens is 491 g/mol. The Morgan fingerprint density at radius 1 is 1.13 bits per heavy atom. The first kappa shape index (κ1) is 24.6. The minimum absolute atomic E-state index is 0. The van der Waals surface area contributed by atoms with E-state index in [0.717, 1.165) is 57.5 Å². The zero-order valence-electron chi connectivity index (χ0n) is 18.6. The molecule has 0 bridgehead atoms. The third kappa shape index (κ3) is 6.42. The highest BCUT2D eigenvalue weighted by molar-refractivity contribution is 14.0. The van der Waals surface area contributed by atoms with E-state index < -0.39 is 0 Å². The highest BCUT2D eigenvalue weighted by Crippen LogP contribution is 2.13. The van der Waals surface area contributed by atoms with Crippen molar-refractivity contribution in [3.05, 3.63) is 52.8 Å². The van der Waals surface area contributed by atoms with Gasteiger partial charge in [-0.05, 0) is 19.4 Å². The van der Waals surface area contributed by atoms with E-state index in [1.807, 2.05) is 11.7 Å². The summed E-state index contributed by atoms with van der Waals surface area (Å²) in [5, 5.41) is 8.19. The lowest BCUT2D eigenvalue weighted by molar-refractivity contribution is 0.172. The van der Waals surface area contributed by atoms with Gasteiger partial charge in [-0.2, -0.15) is 5.10 Å². The van der Waals surface area contributed by atoms with Crippen molar-refractivity contribution in [3.8, 4) is 0 Å². The number of aryl methyl sites for hydroxylation is 1. The van der Waals surface area contributed by atoms with Gasteiger partial charge in [0.25, 0.3) is 0 Å². The van der Waals surface area contributed by atoms with Crippen LogP contribution < -0.4 is 5.32 Å². The maximum atomic E-state index is 5.18. The summed E-state index contributed by atoms with van der Waals surface area (Å²) in [7, 11) is 3.58. The highest BCUT2D eigenvalue weighted by Gasteiger charge is 2.20. The molecule has 1 aromatic heterocycles. The minimum atomic E-state index is 0. The van der Waals surface area contributed by atoms with Crippen molar-refractivity contribution >= 4 is 29.9 Å². The molecule has 0 amide bonds. The van der Waals surface area contributed by atoms with Gasteiger partial charge in [0.05, 0.1) is 18.8 Å². The SMILES string of the molecule is CN=C(NCc1c(C)nn(CCOC)c1C)N1CCN(Cc2ccccc2)CC1.I. The summed E-state index contributed by atoms with van der Waals surface area (Å²) in [5.41, 5.74) is 4.87. The van der Waals surface area contributed by atoms with E-state index in [2.05, 4.69) is 69.4 Å². The van der Waals surface area contributed by atoms with Gasteiger partial charge in [-0.3, -0.25) is 14.6 Å². The lowest BCUT2D eigenvalue weighted by atomic mass is 10.2. The molecule has 0 atom stereocenters. The number of aliphatic imine (C=N–C) groups is 1. The van der Waals surface area contributed by atoms with E-state index in [-0.39, 0.29) is 24.0 Å². The molecule has 3 rings (SSSR count). The van der Waals surface area contributed by atoms with E-state index in [1.165, 1.54) is 16.8 Å². The molecule has 1 fully saturated rings. The number of piperazine rings is 1. The Kier molecular flexibility index (Phi) is 10.1. The number of guanidine groups is 1. The number of methoxy groups -OCH3 is 1. The van der Waals surface area contributed by atoms with Crippen molar-refractivity contribution < 1.29 is 4.74 Å². The molecule has 0 radical (unpaired) electrons. The summed E-state index contributed by atoms with van der Waals surface area (Å²) in [6.45, 7) is 11.4. The van der Waals surface area contributed by atoms with Gasteiger partial charge in [0.15, 0.2) is 5.96 Å². The van der Waals surface area contributed by atoms with Crippen LogP contribution in [0.2, 0.25) is 0 Å². The van der Waals surface area contributed by atoms with Gasteiger partial charge in [0, 0.05) is 64.7 Å². The molecule has 1 aliphatic heterocycles. The van der Waals surface area contributed by atoms with Crippen molar-refractivity contribution in [2.75, 3.05) is 46.9 Å². The number of ether oxygens (including phenoxy) is 1. The second-order valence-corrected chi connectivity index (χ2v) is 7.51. The number of aromatic nitrogens is 2. The number of rotatable bonds is 7. The molecular formula is C22H35IN6O. The summed E-state index contributed by atoms with van der Waals surface area (Å²) in [5.74, 6) is 0.966. The van der Waals surface area contributed by atoms with E-state index >= 15 is 0 Å². The minimum Gasteiger partial charge on any atom is -0.383 e. The van der Waals surface area contributed by atoms with Gasteiger partial charge in [-0.1, -0.05) is 30.3 Å². The molecule has 8 heteroatoms. The predicted molar refractivity (Wildman–Crippen MR) is 132 cm³/mol. The fourth-order valence-electron chi connectivity index (χ4n) is 3.84. The molecule has 0 aliphatic carbocycles. The van der Waals surface area contributed by atoms with Gasteiger partial charge >= 0.3 is 0 Å². The number of hydrogen-bond donors (Lipinski definition) is 1. The van der Waals surface area contributed by atoms with E-state index in [9.17, 15) is 0 Å². The van der Waals surface area contributed by atoms with Crippen molar-refractivity contribution in [1.82, 2.24) is 24.9 Å². The molecule has 30 heavy (non-hydrogen) atoms. The number of halogens is 1. The molecule has 7 nitrogen and oxygen atoms in total. The summed E-state index contributed by atoms with van der Waals surface area (Å²) in [6, 6.07) is 10.7. The molecule has 1 saturated heterocycles. The van der Waals surface area contributed by atoms with E-state index in [4.69, 9.17) is 4.74 Å². The average molecular weight is 526 g/mol. The van der Waals surface area contributed by atoms with Crippen LogP contribution in [-0.4, -0.2) is 72.5 Å². The number of nitrogens with zero attached hydrogens (tertiary/aromatic N) is 5. The number of nitrogens with one attached hydrogen (secondary N) is 1. The van der Waals surface area contributed by atoms with Crippen molar-refractivity contribution in [1.29, 1.82) is 0 Å². The quantitative estimate of drug-likeness (QED) is 0.342. The fourth-order valence-corrected chi connectivity index (χ4v) is 3.84. The monoisotopic (exact) mass is 526 g/mol. The Balaban J connectivity index is 0.00000320. The molecule has 1 aliphatic rings. The maximum absolute atomic E-state index is 5.18. The van der Waals surface area contributed by atoms with Crippen molar-refractivity contribution in [2.24, 2.45) is 4.99 Å². The Labute approximate surface area is 197 Å². The fraction of sp³-hybridized carbons (Fsp3) is 0.545. The highest BCUT2D eigenvalue weighted by atomic mass is 127. The predicted octanol–water partition coefficient (Wildman–Crippen LogP) is 2.66. The summed E-state index contributed by atoms with van der Waals surface area (Å²) >= 11 is 0. The smallest absolute Gasteiger partial charge is 0.194 e. The molecule has 0 saturated carbocycles. The molecule has 1 aromatic carbocycles. The lowest BCUT2D eigenvalue weighted by Crippen LogP contribution is -2.52. The standard InChI is InChI=1S/C22H34N6O.HI/c1-18-21(19(2)28(25-18)14-15-29-4)16-24-22(23-3)27-12-10-26(11-13-27)17-20-8-6-5-7-9-20;/h5-9H,10-17H2,1-4H3,(H,23,24);1H. The first-order valence-electron chi connectivity index (χ1n) is 10.4. The maximum Gasteiger partial charge on any atom is 0.194 e. The van der Waals surface area contributed by atoms with Crippen LogP contribution in [0.25, 0.3) is 0 Å². The van der Waals surface area contributed by atoms with Crippen LogP contribution in [-0.2, 0) is 24.4 Å². The summed E-state index contributed by atoms with van der Waals surface area (Å²) in [6.07, 6.45) is 0. The Bertz CT molecular complexity index is 799. The van der Waals surface area contributed by atoms with Crippen LogP contribution in [0, 0.1) is 13.8 Å². The molecule has 166 valence electrons. The molecule has 1 N–H and O–H groups in total. The van der Waals surface area contributed by atoms with Gasteiger partial charge in [-0.25, -0.2) is 0 Å². The summed E-state index contributed by atoms with van der Waals surface area (Å²) < 4.78 is 7.21. The second-order valence-electron chi connectivity index (χ2n) is 7.51. The van der Waals surface area contributed by atoms with Crippen molar-refractivity contribution in [3.63, 3.8) is 0 Å². The Morgan fingerprint density at radius 2 is 1.83 bits per heavy atom. The lowest BCUT2D eigenvalue weighted by Gasteiger charge is -2.36. The van der Waals surface area contributed by atoms with Gasteiger partial charge in [-0.15, -0.1) is 24.0 Å². The van der Waals surface area contributed by atoms with Crippen LogP contribution >= 0.6 is 24.0 Å². The van der Waals surface area contributed by atoms with Crippen LogP contribution in [0.3, 0.4) is 0 Å². The molecule has 0 spiro atoms. The third-order valence-electron chi connectivity index (χ3n) is 5.59.